The van der Waals surface area contributed by atoms with E-state index in [1.54, 1.807) is 30.6 Å². The summed E-state index contributed by atoms with van der Waals surface area (Å²) >= 11 is 0. The Morgan fingerprint density at radius 1 is 1.22 bits per heavy atom. The fourth-order valence-electron chi connectivity index (χ4n) is 2.64. The number of amides is 1. The maximum atomic E-state index is 13.0. The third-order valence-electron chi connectivity index (χ3n) is 4.02. The second-order valence-corrected chi connectivity index (χ2v) is 7.72. The van der Waals surface area contributed by atoms with Gasteiger partial charge < -0.3 is 9.47 Å². The lowest BCUT2D eigenvalue weighted by Gasteiger charge is -2.19. The molecule has 0 unspecified atom stereocenters. The predicted octanol–water partition coefficient (Wildman–Crippen LogP) is 2.26. The summed E-state index contributed by atoms with van der Waals surface area (Å²) in [7, 11) is -2.31. The molecule has 0 atom stereocenters. The Morgan fingerprint density at radius 2 is 1.93 bits per heavy atom. The van der Waals surface area contributed by atoms with Crippen LogP contribution in [0.1, 0.15) is 22.8 Å². The fraction of sp³-hybridized carbons (Fsp3) is 0.167. The van der Waals surface area contributed by atoms with Gasteiger partial charge in [0.15, 0.2) is 0 Å². The van der Waals surface area contributed by atoms with Gasteiger partial charge in [-0.1, -0.05) is 6.07 Å². The highest BCUT2D eigenvalue weighted by atomic mass is 32.2. The Kier molecular flexibility index (Phi) is 5.06. The lowest BCUT2D eigenvalue weighted by molar-refractivity contribution is 0.0706. The number of benzene rings is 2. The Bertz CT molecular complexity index is 999. The number of nitrogens with one attached hydrogen (secondary N) is 1. The molecule has 1 heterocycles. The van der Waals surface area contributed by atoms with E-state index in [2.05, 4.69) is 0 Å². The zero-order valence-corrected chi connectivity index (χ0v) is 15.5. The van der Waals surface area contributed by atoms with Crippen molar-refractivity contribution in [2.75, 3.05) is 7.11 Å². The van der Waals surface area contributed by atoms with Gasteiger partial charge in [0.1, 0.15) is 17.3 Å². The second kappa shape index (κ2) is 7.29. The molecule has 142 valence electrons. The van der Waals surface area contributed by atoms with E-state index in [9.17, 15) is 13.2 Å². The van der Waals surface area contributed by atoms with Crippen LogP contribution in [0.3, 0.4) is 0 Å². The molecule has 0 saturated carbocycles. The molecule has 0 aromatic heterocycles. The molecule has 1 aliphatic rings. The van der Waals surface area contributed by atoms with Gasteiger partial charge in [-0.2, -0.15) is 0 Å². The highest BCUT2D eigenvalue weighted by Crippen LogP contribution is 2.30. The first kappa shape index (κ1) is 18.7. The lowest BCUT2D eigenvalue weighted by atomic mass is 10.1. The maximum Gasteiger partial charge on any atom is 0.274 e. The topological polar surface area (TPSA) is 105 Å². The number of rotatable bonds is 4. The molecule has 27 heavy (non-hydrogen) atoms. The van der Waals surface area contributed by atoms with Crippen LogP contribution in [0.15, 0.2) is 59.3 Å². The van der Waals surface area contributed by atoms with Crippen LogP contribution in [0.4, 0.5) is 0 Å². The third kappa shape index (κ3) is 3.74. The minimum absolute atomic E-state index is 0.0298. The smallest absolute Gasteiger partial charge is 0.274 e. The van der Waals surface area contributed by atoms with Crippen LogP contribution in [0, 0.1) is 0 Å². The Morgan fingerprint density at radius 3 is 2.56 bits per heavy atom. The molecule has 2 aromatic carbocycles. The van der Waals surface area contributed by atoms with E-state index in [-0.39, 0.29) is 17.0 Å². The minimum atomic E-state index is -3.81. The average molecular weight is 390 g/mol. The molecule has 0 bridgehead atoms. The van der Waals surface area contributed by atoms with E-state index >= 15 is 0 Å². The predicted molar refractivity (Wildman–Crippen MR) is 95.8 cm³/mol. The fourth-order valence-corrected chi connectivity index (χ4v) is 3.99. The number of carbonyl (C=O) groups excluding carboxylic acids is 1. The first-order valence-corrected chi connectivity index (χ1v) is 9.38. The standard InChI is InChI=1S/C18H18N2O6S/c1-12-10-20(27(23,24)16-7-5-15(25-2)6-8-16)11-14-4-3-13(18(21)19-22)9-17(14)26-12/h3-10,22H,11H2,1-2H3,(H,19,21). The van der Waals surface area contributed by atoms with Crippen molar-refractivity contribution in [2.45, 2.75) is 18.4 Å². The Hall–Kier alpha value is -3.04. The number of ether oxygens (including phenoxy) is 2. The zero-order chi connectivity index (χ0) is 19.6. The number of nitrogens with zero attached hydrogens (tertiary/aromatic N) is 1. The highest BCUT2D eigenvalue weighted by Gasteiger charge is 2.26. The van der Waals surface area contributed by atoms with Gasteiger partial charge in [0.25, 0.3) is 15.9 Å². The average Bonchev–Trinajstić information content (AvgIpc) is 2.85. The molecule has 0 spiro atoms. The van der Waals surface area contributed by atoms with Crippen molar-refractivity contribution in [1.82, 2.24) is 9.79 Å². The van der Waals surface area contributed by atoms with Crippen LogP contribution >= 0.6 is 0 Å². The molecule has 0 aliphatic carbocycles. The number of fused-ring (bicyclic) bond motifs is 1. The van der Waals surface area contributed by atoms with Gasteiger partial charge in [-0.05, 0) is 43.3 Å². The maximum absolute atomic E-state index is 13.0. The summed E-state index contributed by atoms with van der Waals surface area (Å²) in [5.41, 5.74) is 2.32. The van der Waals surface area contributed by atoms with Gasteiger partial charge in [0.2, 0.25) is 0 Å². The van der Waals surface area contributed by atoms with E-state index in [1.807, 2.05) is 0 Å². The molecule has 2 aromatic rings. The molecule has 3 rings (SSSR count). The first-order chi connectivity index (χ1) is 12.8. The minimum Gasteiger partial charge on any atom is -0.497 e. The number of sulfonamides is 1. The quantitative estimate of drug-likeness (QED) is 0.613. The molecule has 0 saturated heterocycles. The molecule has 1 amide bonds. The lowest BCUT2D eigenvalue weighted by Crippen LogP contribution is -2.25. The largest absolute Gasteiger partial charge is 0.497 e. The molecular weight excluding hydrogens is 372 g/mol. The van der Waals surface area contributed by atoms with E-state index in [0.29, 0.717) is 22.8 Å². The van der Waals surface area contributed by atoms with Crippen LogP contribution in [0.5, 0.6) is 11.5 Å². The highest BCUT2D eigenvalue weighted by molar-refractivity contribution is 7.89. The number of allylic oxidation sites excluding steroid dienone is 1. The van der Waals surface area contributed by atoms with Gasteiger partial charge >= 0.3 is 0 Å². The van der Waals surface area contributed by atoms with Crippen molar-refractivity contribution in [3.8, 4) is 11.5 Å². The van der Waals surface area contributed by atoms with Crippen LogP contribution in [-0.4, -0.2) is 30.9 Å². The summed E-state index contributed by atoms with van der Waals surface area (Å²) in [5.74, 6) is 0.555. The zero-order valence-electron chi connectivity index (χ0n) is 14.7. The van der Waals surface area contributed by atoms with Crippen LogP contribution in [0.2, 0.25) is 0 Å². The SMILES string of the molecule is COc1ccc(S(=O)(=O)N2C=C(C)Oc3cc(C(=O)NO)ccc3C2)cc1. The summed E-state index contributed by atoms with van der Waals surface area (Å²) < 4.78 is 37.9. The monoisotopic (exact) mass is 390 g/mol. The van der Waals surface area contributed by atoms with Crippen LogP contribution in [0.25, 0.3) is 0 Å². The molecule has 0 radical (unpaired) electrons. The van der Waals surface area contributed by atoms with Crippen molar-refractivity contribution < 1.29 is 27.9 Å². The van der Waals surface area contributed by atoms with Crippen molar-refractivity contribution >= 4 is 15.9 Å². The van der Waals surface area contributed by atoms with Crippen molar-refractivity contribution in [2.24, 2.45) is 0 Å². The number of methoxy groups -OCH3 is 1. The summed E-state index contributed by atoms with van der Waals surface area (Å²) in [6.45, 7) is 1.65. The Labute approximate surface area is 156 Å². The Balaban J connectivity index is 1.97. The summed E-state index contributed by atoms with van der Waals surface area (Å²) in [4.78, 5) is 11.7. The van der Waals surface area contributed by atoms with Gasteiger partial charge in [-0.25, -0.2) is 13.9 Å². The van der Waals surface area contributed by atoms with Crippen LogP contribution < -0.4 is 15.0 Å². The number of hydrogen-bond donors (Lipinski definition) is 2. The molecule has 8 nitrogen and oxygen atoms in total. The van der Waals surface area contributed by atoms with Gasteiger partial charge in [-0.3, -0.25) is 14.3 Å². The summed E-state index contributed by atoms with van der Waals surface area (Å²) in [6, 6.07) is 10.6. The molecule has 2 N–H and O–H groups in total. The van der Waals surface area contributed by atoms with Gasteiger partial charge in [-0.15, -0.1) is 0 Å². The van der Waals surface area contributed by atoms with Crippen molar-refractivity contribution in [3.63, 3.8) is 0 Å². The number of carbonyl (C=O) groups is 1. The molecule has 0 fully saturated rings. The van der Waals surface area contributed by atoms with Crippen molar-refractivity contribution in [3.05, 3.63) is 65.6 Å². The third-order valence-corrected chi connectivity index (χ3v) is 5.74. The summed E-state index contributed by atoms with van der Waals surface area (Å²) in [6.07, 6.45) is 1.39. The van der Waals surface area contributed by atoms with E-state index in [0.717, 1.165) is 0 Å². The van der Waals surface area contributed by atoms with E-state index < -0.39 is 15.9 Å². The van der Waals surface area contributed by atoms with Crippen LogP contribution in [-0.2, 0) is 16.6 Å². The molecular formula is C18H18N2O6S. The van der Waals surface area contributed by atoms with Gasteiger partial charge in [0.05, 0.1) is 24.7 Å². The summed E-state index contributed by atoms with van der Waals surface area (Å²) in [5, 5.41) is 8.76. The van der Waals surface area contributed by atoms with E-state index in [4.69, 9.17) is 14.7 Å². The normalized spacial score (nSPS) is 13.7. The molecule has 9 heteroatoms. The molecule has 1 aliphatic heterocycles. The second-order valence-electron chi connectivity index (χ2n) is 5.83. The van der Waals surface area contributed by atoms with Gasteiger partial charge in [0, 0.05) is 11.1 Å². The number of hydroxylamine groups is 1. The van der Waals surface area contributed by atoms with E-state index in [1.165, 1.54) is 41.9 Å². The van der Waals surface area contributed by atoms with Crippen molar-refractivity contribution in [1.29, 1.82) is 0 Å². The first-order valence-electron chi connectivity index (χ1n) is 7.94. The number of hydrogen-bond acceptors (Lipinski definition) is 6.